The molecule has 15 heavy (non-hydrogen) atoms. The van der Waals surface area contributed by atoms with E-state index in [4.69, 9.17) is 0 Å². The molecule has 0 radical (unpaired) electrons. The summed E-state index contributed by atoms with van der Waals surface area (Å²) in [5, 5.41) is 2.19. The Morgan fingerprint density at radius 1 is 1.00 bits per heavy atom. The van der Waals surface area contributed by atoms with E-state index >= 15 is 0 Å². The van der Waals surface area contributed by atoms with Gasteiger partial charge in [0, 0.05) is 11.6 Å². The van der Waals surface area contributed by atoms with Gasteiger partial charge in [-0.1, -0.05) is 12.1 Å². The van der Waals surface area contributed by atoms with Crippen molar-refractivity contribution in [2.45, 2.75) is 9.79 Å². The SMILES string of the molecule is C[S+]1c2ccccc2C=Cc2sccc21. The Morgan fingerprint density at radius 3 is 2.80 bits per heavy atom. The Morgan fingerprint density at radius 2 is 1.87 bits per heavy atom. The standard InChI is InChI=1S/C13H11S2/c1-15-12-5-3-2-4-10(12)6-7-11-13(15)8-9-14-11/h2-9H,1H3/q+1. The highest BCUT2D eigenvalue weighted by Gasteiger charge is 2.27. The van der Waals surface area contributed by atoms with E-state index in [0.717, 1.165) is 0 Å². The first-order valence-electron chi connectivity index (χ1n) is 4.87. The lowest BCUT2D eigenvalue weighted by Crippen LogP contribution is -2.01. The van der Waals surface area contributed by atoms with Crippen LogP contribution in [-0.4, -0.2) is 6.26 Å². The van der Waals surface area contributed by atoms with Crippen LogP contribution in [0.25, 0.3) is 12.2 Å². The molecule has 1 unspecified atom stereocenters. The number of rotatable bonds is 0. The van der Waals surface area contributed by atoms with Gasteiger partial charge < -0.3 is 0 Å². The fourth-order valence-corrected chi connectivity index (χ4v) is 4.80. The smallest absolute Gasteiger partial charge is 0.139 e. The van der Waals surface area contributed by atoms with E-state index in [-0.39, 0.29) is 10.9 Å². The molecule has 3 rings (SSSR count). The summed E-state index contributed by atoms with van der Waals surface area (Å²) in [4.78, 5) is 4.36. The van der Waals surface area contributed by atoms with Gasteiger partial charge in [-0.15, -0.1) is 11.3 Å². The molecule has 0 nitrogen and oxygen atoms in total. The lowest BCUT2D eigenvalue weighted by Gasteiger charge is -2.02. The molecule has 0 saturated heterocycles. The Bertz CT molecular complexity index is 523. The summed E-state index contributed by atoms with van der Waals surface area (Å²) in [7, 11) is 0.222. The fraction of sp³-hybridized carbons (Fsp3) is 0.0769. The molecule has 1 aromatic carbocycles. The number of hydrogen-bond donors (Lipinski definition) is 0. The molecule has 0 saturated carbocycles. The van der Waals surface area contributed by atoms with Crippen LogP contribution in [0.3, 0.4) is 0 Å². The van der Waals surface area contributed by atoms with Gasteiger partial charge in [0.1, 0.15) is 6.26 Å². The van der Waals surface area contributed by atoms with Gasteiger partial charge in [0.25, 0.3) is 0 Å². The molecule has 0 aliphatic carbocycles. The molecule has 0 bridgehead atoms. The third-order valence-electron chi connectivity index (χ3n) is 2.65. The second-order valence-electron chi connectivity index (χ2n) is 3.53. The Kier molecular flexibility index (Phi) is 2.19. The van der Waals surface area contributed by atoms with E-state index in [1.165, 1.54) is 20.2 Å². The molecule has 0 amide bonds. The zero-order valence-corrected chi connectivity index (χ0v) is 10.1. The molecule has 0 spiro atoms. The van der Waals surface area contributed by atoms with Crippen molar-refractivity contribution in [2.24, 2.45) is 0 Å². The number of thiophene rings is 1. The summed E-state index contributed by atoms with van der Waals surface area (Å²) in [5.74, 6) is 0. The molecule has 1 aliphatic heterocycles. The summed E-state index contributed by atoms with van der Waals surface area (Å²) in [5.41, 5.74) is 1.37. The van der Waals surface area contributed by atoms with E-state index in [0.29, 0.717) is 0 Å². The molecule has 2 aromatic rings. The molecular weight excluding hydrogens is 220 g/mol. The van der Waals surface area contributed by atoms with Crippen LogP contribution in [0.4, 0.5) is 0 Å². The van der Waals surface area contributed by atoms with Crippen LogP contribution in [0, 0.1) is 0 Å². The second-order valence-corrected chi connectivity index (χ2v) is 6.38. The summed E-state index contributed by atoms with van der Waals surface area (Å²) in [6, 6.07) is 10.9. The van der Waals surface area contributed by atoms with E-state index in [1.54, 1.807) is 0 Å². The number of benzene rings is 1. The predicted octanol–water partition coefficient (Wildman–Crippen LogP) is 3.90. The Balaban J connectivity index is 2.26. The van der Waals surface area contributed by atoms with Crippen LogP contribution in [0.1, 0.15) is 10.4 Å². The maximum absolute atomic E-state index is 2.32. The first kappa shape index (κ1) is 9.25. The van der Waals surface area contributed by atoms with Gasteiger partial charge in [0.15, 0.2) is 9.79 Å². The third-order valence-corrected chi connectivity index (χ3v) is 5.71. The molecule has 2 heterocycles. The monoisotopic (exact) mass is 231 g/mol. The van der Waals surface area contributed by atoms with Crippen molar-refractivity contribution < 1.29 is 0 Å². The van der Waals surface area contributed by atoms with Crippen LogP contribution in [0.2, 0.25) is 0 Å². The van der Waals surface area contributed by atoms with Crippen molar-refractivity contribution >= 4 is 34.4 Å². The number of fused-ring (bicyclic) bond motifs is 2. The lowest BCUT2D eigenvalue weighted by atomic mass is 10.2. The highest BCUT2D eigenvalue weighted by molar-refractivity contribution is 7.96. The average Bonchev–Trinajstić information content (AvgIpc) is 2.69. The van der Waals surface area contributed by atoms with E-state index in [1.807, 2.05) is 11.3 Å². The van der Waals surface area contributed by atoms with Gasteiger partial charge in [-0.05, 0) is 29.7 Å². The Hall–Kier alpha value is -0.990. The first-order chi connectivity index (χ1) is 7.36. The van der Waals surface area contributed by atoms with Crippen molar-refractivity contribution in [1.29, 1.82) is 0 Å². The van der Waals surface area contributed by atoms with Crippen molar-refractivity contribution in [3.63, 3.8) is 0 Å². The van der Waals surface area contributed by atoms with Gasteiger partial charge in [0.05, 0.1) is 15.8 Å². The first-order valence-corrected chi connectivity index (χ1v) is 7.38. The summed E-state index contributed by atoms with van der Waals surface area (Å²) >= 11 is 1.83. The van der Waals surface area contributed by atoms with Gasteiger partial charge in [-0.25, -0.2) is 0 Å². The van der Waals surface area contributed by atoms with Crippen LogP contribution >= 0.6 is 11.3 Å². The molecule has 2 heteroatoms. The van der Waals surface area contributed by atoms with E-state index < -0.39 is 0 Å². The fourth-order valence-electron chi connectivity index (χ4n) is 1.86. The number of hydrogen-bond acceptors (Lipinski definition) is 1. The van der Waals surface area contributed by atoms with Crippen LogP contribution < -0.4 is 0 Å². The van der Waals surface area contributed by atoms with Gasteiger partial charge in [-0.2, -0.15) is 0 Å². The zero-order chi connectivity index (χ0) is 10.3. The molecule has 1 aliphatic rings. The van der Waals surface area contributed by atoms with Crippen molar-refractivity contribution in [1.82, 2.24) is 0 Å². The zero-order valence-electron chi connectivity index (χ0n) is 8.44. The highest BCUT2D eigenvalue weighted by atomic mass is 32.2. The largest absolute Gasteiger partial charge is 0.178 e. The molecule has 1 atom stereocenters. The summed E-state index contributed by atoms with van der Waals surface area (Å²) in [6.07, 6.45) is 6.80. The van der Waals surface area contributed by atoms with Gasteiger partial charge in [-0.3, -0.25) is 0 Å². The topological polar surface area (TPSA) is 0 Å². The average molecular weight is 231 g/mol. The van der Waals surface area contributed by atoms with Crippen molar-refractivity contribution in [3.8, 4) is 0 Å². The van der Waals surface area contributed by atoms with Crippen molar-refractivity contribution in [3.05, 3.63) is 46.2 Å². The summed E-state index contributed by atoms with van der Waals surface area (Å²) < 4.78 is 0. The normalized spacial score (nSPS) is 18.1. The van der Waals surface area contributed by atoms with Crippen LogP contribution in [-0.2, 0) is 10.9 Å². The maximum atomic E-state index is 2.32. The maximum Gasteiger partial charge on any atom is 0.178 e. The molecule has 0 N–H and O–H groups in total. The highest BCUT2D eigenvalue weighted by Crippen LogP contribution is 2.34. The predicted molar refractivity (Wildman–Crippen MR) is 69.5 cm³/mol. The third kappa shape index (κ3) is 1.45. The minimum Gasteiger partial charge on any atom is -0.139 e. The summed E-state index contributed by atoms with van der Waals surface area (Å²) in [6.45, 7) is 0. The van der Waals surface area contributed by atoms with Crippen LogP contribution in [0.15, 0.2) is 45.5 Å². The minimum absolute atomic E-state index is 0.222. The Labute approximate surface area is 96.6 Å². The van der Waals surface area contributed by atoms with E-state index in [9.17, 15) is 0 Å². The van der Waals surface area contributed by atoms with Gasteiger partial charge in [0.2, 0.25) is 0 Å². The molecule has 1 aromatic heterocycles. The second kappa shape index (κ2) is 3.54. The lowest BCUT2D eigenvalue weighted by molar-refractivity contribution is 1.39. The van der Waals surface area contributed by atoms with Crippen LogP contribution in [0.5, 0.6) is 0 Å². The molecule has 74 valence electrons. The quantitative estimate of drug-likeness (QED) is 0.603. The van der Waals surface area contributed by atoms with Gasteiger partial charge >= 0.3 is 0 Å². The molecular formula is C13H11S2+. The van der Waals surface area contributed by atoms with Crippen molar-refractivity contribution in [2.75, 3.05) is 6.26 Å². The minimum atomic E-state index is 0.222. The molecule has 0 fully saturated rings. The van der Waals surface area contributed by atoms with E-state index in [2.05, 4.69) is 54.1 Å².